The van der Waals surface area contributed by atoms with E-state index in [4.69, 9.17) is 20.3 Å². The molecule has 0 aromatic heterocycles. The third-order valence-electron chi connectivity index (χ3n) is 6.16. The van der Waals surface area contributed by atoms with Gasteiger partial charge in [-0.05, 0) is 29.0 Å². The first-order chi connectivity index (χ1) is 11.3. The van der Waals surface area contributed by atoms with Crippen LogP contribution in [0, 0.1) is 18.3 Å². The smallest absolute Gasteiger partial charge is 0.200 e. The quantitative estimate of drug-likeness (QED) is 0.491. The summed E-state index contributed by atoms with van der Waals surface area (Å²) in [4.78, 5) is 0. The van der Waals surface area contributed by atoms with Gasteiger partial charge in [0, 0.05) is 25.4 Å². The van der Waals surface area contributed by atoms with Crippen LogP contribution < -0.4 is 0 Å². The van der Waals surface area contributed by atoms with Gasteiger partial charge in [0.15, 0.2) is 5.79 Å². The second-order valence-electron chi connectivity index (χ2n) is 8.49. The third kappa shape index (κ3) is 3.75. The SMILES string of the molecule is C#CCC1CC2(CCC1O[Si](C(C)C)(C(C)C)C(C)C)OCCO2. The summed E-state index contributed by atoms with van der Waals surface area (Å²) in [5.74, 6) is 2.82. The molecule has 0 bridgehead atoms. The molecule has 2 atom stereocenters. The Morgan fingerprint density at radius 3 is 2.08 bits per heavy atom. The average molecular weight is 353 g/mol. The highest BCUT2D eigenvalue weighted by molar-refractivity contribution is 6.77. The molecule has 0 amide bonds. The van der Waals surface area contributed by atoms with Crippen LogP contribution in [0.3, 0.4) is 0 Å². The predicted octanol–water partition coefficient (Wildman–Crippen LogP) is 5.11. The van der Waals surface area contributed by atoms with E-state index in [0.29, 0.717) is 35.8 Å². The van der Waals surface area contributed by atoms with Gasteiger partial charge in [-0.3, -0.25) is 0 Å². The zero-order valence-electron chi connectivity index (χ0n) is 16.4. The van der Waals surface area contributed by atoms with Crippen molar-refractivity contribution in [3.8, 4) is 12.3 Å². The minimum absolute atomic E-state index is 0.248. The van der Waals surface area contributed by atoms with E-state index in [1.54, 1.807) is 0 Å². The molecule has 138 valence electrons. The van der Waals surface area contributed by atoms with E-state index in [2.05, 4.69) is 47.5 Å². The number of ether oxygens (including phenoxy) is 2. The van der Waals surface area contributed by atoms with Gasteiger partial charge in [-0.15, -0.1) is 12.3 Å². The van der Waals surface area contributed by atoms with E-state index in [0.717, 1.165) is 25.7 Å². The summed E-state index contributed by atoms with van der Waals surface area (Å²) in [6.07, 6.45) is 9.47. The van der Waals surface area contributed by atoms with Crippen LogP contribution in [0.1, 0.15) is 67.2 Å². The lowest BCUT2D eigenvalue weighted by atomic mass is 9.81. The van der Waals surface area contributed by atoms with E-state index in [9.17, 15) is 0 Å². The summed E-state index contributed by atoms with van der Waals surface area (Å²) in [6.45, 7) is 15.5. The summed E-state index contributed by atoms with van der Waals surface area (Å²) in [5, 5.41) is 0. The van der Waals surface area contributed by atoms with Gasteiger partial charge in [0.05, 0.1) is 13.2 Å². The highest BCUT2D eigenvalue weighted by Gasteiger charge is 2.51. The Morgan fingerprint density at radius 2 is 1.62 bits per heavy atom. The summed E-state index contributed by atoms with van der Waals surface area (Å²) >= 11 is 0. The molecule has 4 heteroatoms. The number of hydrogen-bond donors (Lipinski definition) is 0. The standard InChI is InChI=1S/C20H36O3Si/c1-8-9-18-14-20(21-12-13-22-20)11-10-19(18)23-24(15(2)3,16(4)5)17(6)7/h1,15-19H,9-14H2,2-7H3. The third-order valence-corrected chi connectivity index (χ3v) is 12.3. The highest BCUT2D eigenvalue weighted by Crippen LogP contribution is 2.48. The minimum Gasteiger partial charge on any atom is -0.413 e. The van der Waals surface area contributed by atoms with Gasteiger partial charge < -0.3 is 13.9 Å². The zero-order chi connectivity index (χ0) is 18.0. The Bertz CT molecular complexity index is 425. The van der Waals surface area contributed by atoms with Crippen molar-refractivity contribution < 1.29 is 13.9 Å². The molecule has 0 aromatic carbocycles. The Balaban J connectivity index is 2.20. The van der Waals surface area contributed by atoms with Gasteiger partial charge in [0.25, 0.3) is 0 Å². The maximum Gasteiger partial charge on any atom is 0.200 e. The molecule has 0 aromatic rings. The molecule has 1 saturated carbocycles. The van der Waals surface area contributed by atoms with Gasteiger partial charge in [-0.25, -0.2) is 0 Å². The fourth-order valence-corrected chi connectivity index (χ4v) is 10.8. The molecule has 1 aliphatic carbocycles. The topological polar surface area (TPSA) is 27.7 Å². The Hall–Kier alpha value is -0.343. The molecule has 2 aliphatic rings. The van der Waals surface area contributed by atoms with E-state index in [1.807, 2.05) is 0 Å². The van der Waals surface area contributed by atoms with Crippen molar-refractivity contribution in [2.75, 3.05) is 13.2 Å². The Kier molecular flexibility index (Phi) is 6.58. The number of terminal acetylenes is 1. The van der Waals surface area contributed by atoms with Crippen molar-refractivity contribution in [1.82, 2.24) is 0 Å². The van der Waals surface area contributed by atoms with Crippen LogP contribution in [0.2, 0.25) is 16.6 Å². The van der Waals surface area contributed by atoms with Crippen LogP contribution in [0.15, 0.2) is 0 Å². The number of hydrogen-bond acceptors (Lipinski definition) is 3. The van der Waals surface area contributed by atoms with E-state index in [-0.39, 0.29) is 11.9 Å². The molecule has 3 nitrogen and oxygen atoms in total. The zero-order valence-corrected chi connectivity index (χ0v) is 17.4. The van der Waals surface area contributed by atoms with Crippen LogP contribution in [-0.4, -0.2) is 33.4 Å². The maximum atomic E-state index is 7.06. The van der Waals surface area contributed by atoms with Crippen molar-refractivity contribution >= 4 is 8.32 Å². The average Bonchev–Trinajstić information content (AvgIpc) is 2.94. The molecule has 2 fully saturated rings. The molecule has 2 unspecified atom stereocenters. The Morgan fingerprint density at radius 1 is 1.08 bits per heavy atom. The molecule has 0 N–H and O–H groups in total. The van der Waals surface area contributed by atoms with E-state index in [1.165, 1.54) is 0 Å². The first kappa shape index (κ1) is 20.0. The van der Waals surface area contributed by atoms with E-state index >= 15 is 0 Å². The Labute approximate surface area is 150 Å². The minimum atomic E-state index is -1.89. The van der Waals surface area contributed by atoms with Crippen LogP contribution in [-0.2, 0) is 13.9 Å². The van der Waals surface area contributed by atoms with Crippen LogP contribution >= 0.6 is 0 Å². The van der Waals surface area contributed by atoms with Crippen molar-refractivity contribution in [2.45, 2.75) is 95.7 Å². The first-order valence-electron chi connectivity index (χ1n) is 9.66. The summed E-state index contributed by atoms with van der Waals surface area (Å²) in [5.41, 5.74) is 1.79. The van der Waals surface area contributed by atoms with Gasteiger partial charge in [0.1, 0.15) is 0 Å². The molecule has 1 heterocycles. The fourth-order valence-electron chi connectivity index (χ4n) is 5.17. The van der Waals surface area contributed by atoms with Gasteiger partial charge in [-0.1, -0.05) is 41.5 Å². The van der Waals surface area contributed by atoms with Gasteiger partial charge in [-0.2, -0.15) is 0 Å². The molecule has 24 heavy (non-hydrogen) atoms. The molecule has 0 radical (unpaired) electrons. The van der Waals surface area contributed by atoms with Gasteiger partial charge >= 0.3 is 0 Å². The summed E-state index contributed by atoms with van der Waals surface area (Å²) < 4.78 is 19.0. The lowest BCUT2D eigenvalue weighted by Crippen LogP contribution is -2.54. The molecule has 1 spiro atoms. The molecule has 1 aliphatic heterocycles. The molecule has 2 rings (SSSR count). The largest absolute Gasteiger partial charge is 0.413 e. The second kappa shape index (κ2) is 7.91. The monoisotopic (exact) mass is 352 g/mol. The lowest BCUT2D eigenvalue weighted by Gasteiger charge is -2.49. The molecular weight excluding hydrogens is 316 g/mol. The summed E-state index contributed by atoms with van der Waals surface area (Å²) in [6, 6.07) is 0. The van der Waals surface area contributed by atoms with Crippen molar-refractivity contribution in [2.24, 2.45) is 5.92 Å². The highest BCUT2D eigenvalue weighted by atomic mass is 28.4. The summed E-state index contributed by atoms with van der Waals surface area (Å²) in [7, 11) is -1.89. The van der Waals surface area contributed by atoms with Crippen molar-refractivity contribution in [3.05, 3.63) is 0 Å². The second-order valence-corrected chi connectivity index (χ2v) is 13.9. The maximum absolute atomic E-state index is 7.06. The predicted molar refractivity (Wildman–Crippen MR) is 101 cm³/mol. The fraction of sp³-hybridized carbons (Fsp3) is 0.900. The number of rotatable bonds is 6. The first-order valence-corrected chi connectivity index (χ1v) is 11.8. The lowest BCUT2D eigenvalue weighted by molar-refractivity contribution is -0.200. The van der Waals surface area contributed by atoms with Crippen LogP contribution in [0.4, 0.5) is 0 Å². The van der Waals surface area contributed by atoms with Crippen molar-refractivity contribution in [1.29, 1.82) is 0 Å². The molecule has 1 saturated heterocycles. The van der Waals surface area contributed by atoms with Crippen molar-refractivity contribution in [3.63, 3.8) is 0 Å². The normalized spacial score (nSPS) is 27.3. The van der Waals surface area contributed by atoms with Gasteiger partial charge in [0.2, 0.25) is 8.32 Å². The van der Waals surface area contributed by atoms with E-state index < -0.39 is 8.32 Å². The molecular formula is C20H36O3Si. The van der Waals surface area contributed by atoms with Crippen LogP contribution in [0.25, 0.3) is 0 Å². The van der Waals surface area contributed by atoms with Crippen LogP contribution in [0.5, 0.6) is 0 Å².